The van der Waals surface area contributed by atoms with E-state index in [4.69, 9.17) is 14.3 Å². The molecule has 0 bridgehead atoms. The molecule has 3 rings (SSSR count). The topological polar surface area (TPSA) is 106 Å². The van der Waals surface area contributed by atoms with Crippen LogP contribution in [0, 0.1) is 0 Å². The fourth-order valence-electron chi connectivity index (χ4n) is 3.35. The minimum absolute atomic E-state index is 0.129. The highest BCUT2D eigenvalue weighted by Crippen LogP contribution is 2.35. The van der Waals surface area contributed by atoms with Gasteiger partial charge in [0.05, 0.1) is 18.2 Å². The Morgan fingerprint density at radius 3 is 2.56 bits per heavy atom. The minimum Gasteiger partial charge on any atom is -0.489 e. The van der Waals surface area contributed by atoms with Crippen molar-refractivity contribution in [3.63, 3.8) is 0 Å². The number of nitrogens with one attached hydrogen (secondary N) is 1. The van der Waals surface area contributed by atoms with E-state index >= 15 is 0 Å². The van der Waals surface area contributed by atoms with E-state index in [1.165, 1.54) is 0 Å². The normalized spacial score (nSPS) is 13.4. The van der Waals surface area contributed by atoms with E-state index in [-0.39, 0.29) is 24.6 Å². The van der Waals surface area contributed by atoms with Gasteiger partial charge in [-0.2, -0.15) is 0 Å². The maximum Gasteiger partial charge on any atom is 0.339 e. The van der Waals surface area contributed by atoms with Crippen molar-refractivity contribution >= 4 is 28.5 Å². The first-order chi connectivity index (χ1) is 12.8. The monoisotopic (exact) mass is 373 g/mol. The molecule has 1 aliphatic rings. The smallest absolute Gasteiger partial charge is 0.339 e. The molecule has 144 valence electrons. The molecule has 0 saturated heterocycles. The predicted octanol–water partition coefficient (Wildman–Crippen LogP) is 3.26. The SMILES string of the molecule is CC(C)Oc1cc2oc(=O)c3c(c2cc1NC(=O)CCC(=O)O)CCCC3. The number of carboxylic acids is 1. The molecule has 0 spiro atoms. The third kappa shape index (κ3) is 4.30. The van der Waals surface area contributed by atoms with Crippen LogP contribution in [0.1, 0.15) is 50.7 Å². The third-order valence-corrected chi connectivity index (χ3v) is 4.53. The first kappa shape index (κ1) is 18.9. The van der Waals surface area contributed by atoms with Crippen LogP contribution in [-0.2, 0) is 22.4 Å². The molecule has 27 heavy (non-hydrogen) atoms. The Morgan fingerprint density at radius 2 is 1.89 bits per heavy atom. The highest BCUT2D eigenvalue weighted by molar-refractivity contribution is 5.97. The van der Waals surface area contributed by atoms with E-state index in [1.807, 2.05) is 13.8 Å². The van der Waals surface area contributed by atoms with E-state index < -0.39 is 11.9 Å². The number of benzene rings is 1. The second-order valence-electron chi connectivity index (χ2n) is 7.01. The number of aliphatic carboxylic acids is 1. The molecule has 1 aromatic heterocycles. The highest BCUT2D eigenvalue weighted by Gasteiger charge is 2.21. The summed E-state index contributed by atoms with van der Waals surface area (Å²) in [7, 11) is 0. The largest absolute Gasteiger partial charge is 0.489 e. The Bertz CT molecular complexity index is 944. The molecule has 0 atom stereocenters. The lowest BCUT2D eigenvalue weighted by Gasteiger charge is -2.19. The summed E-state index contributed by atoms with van der Waals surface area (Å²) in [6, 6.07) is 3.39. The average molecular weight is 373 g/mol. The number of carboxylic acid groups (broad SMARTS) is 1. The summed E-state index contributed by atoms with van der Waals surface area (Å²) in [4.78, 5) is 35.1. The number of carbonyl (C=O) groups is 2. The first-order valence-corrected chi connectivity index (χ1v) is 9.16. The van der Waals surface area contributed by atoms with E-state index in [1.54, 1.807) is 12.1 Å². The van der Waals surface area contributed by atoms with Gasteiger partial charge in [-0.3, -0.25) is 9.59 Å². The summed E-state index contributed by atoms with van der Waals surface area (Å²) in [6.45, 7) is 3.70. The fraction of sp³-hybridized carbons (Fsp3) is 0.450. The number of carbonyl (C=O) groups excluding carboxylic acids is 1. The van der Waals surface area contributed by atoms with Gasteiger partial charge in [0.1, 0.15) is 11.3 Å². The molecule has 0 radical (unpaired) electrons. The quantitative estimate of drug-likeness (QED) is 0.753. The Kier molecular flexibility index (Phi) is 5.48. The maximum absolute atomic E-state index is 12.3. The zero-order chi connectivity index (χ0) is 19.6. The maximum atomic E-state index is 12.3. The Labute approximate surface area is 156 Å². The molecule has 1 heterocycles. The molecule has 0 unspecified atom stereocenters. The summed E-state index contributed by atoms with van der Waals surface area (Å²) < 4.78 is 11.3. The lowest BCUT2D eigenvalue weighted by molar-refractivity contribution is -0.138. The van der Waals surface area contributed by atoms with Crippen molar-refractivity contribution in [1.82, 2.24) is 0 Å². The van der Waals surface area contributed by atoms with Crippen molar-refractivity contribution in [2.75, 3.05) is 5.32 Å². The van der Waals surface area contributed by atoms with Gasteiger partial charge in [-0.15, -0.1) is 0 Å². The van der Waals surface area contributed by atoms with E-state index in [9.17, 15) is 14.4 Å². The molecule has 0 aliphatic heterocycles. The van der Waals surface area contributed by atoms with Gasteiger partial charge in [-0.1, -0.05) is 0 Å². The first-order valence-electron chi connectivity index (χ1n) is 9.16. The lowest BCUT2D eigenvalue weighted by Crippen LogP contribution is -2.17. The van der Waals surface area contributed by atoms with Gasteiger partial charge < -0.3 is 19.6 Å². The standard InChI is InChI=1S/C20H23NO6/c1-11(2)26-17-10-16-14(9-15(17)21-18(22)7-8-19(23)24)12-5-3-4-6-13(12)20(25)27-16/h9-11H,3-8H2,1-2H3,(H,21,22)(H,23,24). The number of rotatable bonds is 6. The fourth-order valence-corrected chi connectivity index (χ4v) is 3.35. The van der Waals surface area contributed by atoms with Crippen LogP contribution < -0.4 is 15.7 Å². The van der Waals surface area contributed by atoms with Crippen LogP contribution >= 0.6 is 0 Å². The van der Waals surface area contributed by atoms with Gasteiger partial charge in [0.25, 0.3) is 0 Å². The highest BCUT2D eigenvalue weighted by atomic mass is 16.5. The Morgan fingerprint density at radius 1 is 1.19 bits per heavy atom. The molecule has 0 fully saturated rings. The van der Waals surface area contributed by atoms with Crippen LogP contribution in [-0.4, -0.2) is 23.1 Å². The second kappa shape index (κ2) is 7.82. The zero-order valence-corrected chi connectivity index (χ0v) is 15.5. The van der Waals surface area contributed by atoms with Crippen LogP contribution in [0.5, 0.6) is 5.75 Å². The van der Waals surface area contributed by atoms with Gasteiger partial charge in [0.2, 0.25) is 5.91 Å². The predicted molar refractivity (Wildman–Crippen MR) is 100 cm³/mol. The molecule has 1 aromatic carbocycles. The van der Waals surface area contributed by atoms with Crippen molar-refractivity contribution < 1.29 is 23.8 Å². The number of aryl methyl sites for hydroxylation is 1. The van der Waals surface area contributed by atoms with Crippen LogP contribution in [0.15, 0.2) is 21.3 Å². The number of amides is 1. The van der Waals surface area contributed by atoms with Crippen LogP contribution in [0.2, 0.25) is 0 Å². The van der Waals surface area contributed by atoms with Crippen LogP contribution in [0.3, 0.4) is 0 Å². The number of hydrogen-bond donors (Lipinski definition) is 2. The van der Waals surface area contributed by atoms with Crippen molar-refractivity contribution in [2.45, 2.75) is 58.5 Å². The molecular formula is C20H23NO6. The minimum atomic E-state index is -1.03. The second-order valence-corrected chi connectivity index (χ2v) is 7.01. The zero-order valence-electron chi connectivity index (χ0n) is 15.5. The van der Waals surface area contributed by atoms with Gasteiger partial charge in [-0.05, 0) is 51.2 Å². The Hall–Kier alpha value is -2.83. The Balaban J connectivity index is 2.06. The molecule has 2 N–H and O–H groups in total. The molecule has 2 aromatic rings. The summed E-state index contributed by atoms with van der Waals surface area (Å²) in [5, 5.41) is 12.3. The van der Waals surface area contributed by atoms with E-state index in [2.05, 4.69) is 5.32 Å². The van der Waals surface area contributed by atoms with Crippen LogP contribution in [0.4, 0.5) is 5.69 Å². The molecular weight excluding hydrogens is 350 g/mol. The molecule has 0 saturated carbocycles. The number of hydrogen-bond acceptors (Lipinski definition) is 5. The lowest BCUT2D eigenvalue weighted by atomic mass is 9.90. The summed E-state index contributed by atoms with van der Waals surface area (Å²) in [5.74, 6) is -1.05. The van der Waals surface area contributed by atoms with Gasteiger partial charge in [0, 0.05) is 23.4 Å². The van der Waals surface area contributed by atoms with Crippen molar-refractivity contribution in [3.8, 4) is 5.75 Å². The van der Waals surface area contributed by atoms with E-state index in [0.717, 1.165) is 30.2 Å². The van der Waals surface area contributed by atoms with Crippen molar-refractivity contribution in [2.24, 2.45) is 0 Å². The van der Waals surface area contributed by atoms with Gasteiger partial charge in [0.15, 0.2) is 0 Å². The summed E-state index contributed by atoms with van der Waals surface area (Å²) >= 11 is 0. The molecule has 1 aliphatic carbocycles. The average Bonchev–Trinajstić information content (AvgIpc) is 2.61. The number of fused-ring (bicyclic) bond motifs is 3. The number of ether oxygens (including phenoxy) is 1. The molecule has 1 amide bonds. The molecule has 7 nitrogen and oxygen atoms in total. The van der Waals surface area contributed by atoms with Gasteiger partial charge in [-0.25, -0.2) is 4.79 Å². The summed E-state index contributed by atoms with van der Waals surface area (Å²) in [6.07, 6.45) is 2.90. The number of anilines is 1. The van der Waals surface area contributed by atoms with Gasteiger partial charge >= 0.3 is 11.6 Å². The van der Waals surface area contributed by atoms with Crippen molar-refractivity contribution in [1.29, 1.82) is 0 Å². The van der Waals surface area contributed by atoms with E-state index in [0.29, 0.717) is 29.0 Å². The summed E-state index contributed by atoms with van der Waals surface area (Å²) in [5.41, 5.74) is 2.23. The third-order valence-electron chi connectivity index (χ3n) is 4.53. The van der Waals surface area contributed by atoms with Crippen LogP contribution in [0.25, 0.3) is 11.0 Å². The molecule has 7 heteroatoms. The van der Waals surface area contributed by atoms with Crippen molar-refractivity contribution in [3.05, 3.63) is 33.7 Å².